The van der Waals surface area contributed by atoms with E-state index in [4.69, 9.17) is 4.74 Å². The Bertz CT molecular complexity index is 178. The molecule has 102 valence electrons. The molecule has 17 heavy (non-hydrogen) atoms. The third-order valence-corrected chi connectivity index (χ3v) is 3.03. The van der Waals surface area contributed by atoms with E-state index in [1.54, 1.807) is 0 Å². The zero-order valence-corrected chi connectivity index (χ0v) is 12.0. The molecule has 1 atom stereocenters. The highest BCUT2D eigenvalue weighted by molar-refractivity contribution is 5.69. The summed E-state index contributed by atoms with van der Waals surface area (Å²) in [4.78, 5) is 11.5. The fourth-order valence-electron chi connectivity index (χ4n) is 1.90. The summed E-state index contributed by atoms with van der Waals surface area (Å²) in [5.41, 5.74) is 0. The van der Waals surface area contributed by atoms with Crippen LogP contribution in [0.5, 0.6) is 0 Å². The molecule has 0 radical (unpaired) electrons. The third-order valence-electron chi connectivity index (χ3n) is 3.03. The van der Waals surface area contributed by atoms with E-state index in [1.807, 2.05) is 6.92 Å². The Hall–Kier alpha value is -0.530. The van der Waals surface area contributed by atoms with Crippen molar-refractivity contribution >= 4 is 5.97 Å². The maximum Gasteiger partial charge on any atom is 0.306 e. The van der Waals surface area contributed by atoms with Crippen LogP contribution in [0, 0.1) is 0 Å². The van der Waals surface area contributed by atoms with E-state index in [1.165, 1.54) is 38.5 Å². The largest absolute Gasteiger partial charge is 0.463 e. The van der Waals surface area contributed by atoms with Gasteiger partial charge in [0.05, 0.1) is 6.10 Å². The van der Waals surface area contributed by atoms with Crippen molar-refractivity contribution in [2.45, 2.75) is 91.1 Å². The number of carbonyl (C=O) groups is 1. The minimum absolute atomic E-state index is 0.0101. The minimum Gasteiger partial charge on any atom is -0.463 e. The van der Waals surface area contributed by atoms with E-state index in [-0.39, 0.29) is 12.1 Å². The van der Waals surface area contributed by atoms with Crippen molar-refractivity contribution < 1.29 is 9.53 Å². The second-order valence-corrected chi connectivity index (χ2v) is 4.96. The van der Waals surface area contributed by atoms with Gasteiger partial charge >= 0.3 is 5.97 Å². The molecule has 0 amide bonds. The molecule has 0 aliphatic heterocycles. The lowest BCUT2D eigenvalue weighted by atomic mass is 10.1. The van der Waals surface area contributed by atoms with Crippen LogP contribution in [0.3, 0.4) is 0 Å². The van der Waals surface area contributed by atoms with Gasteiger partial charge in [-0.15, -0.1) is 0 Å². The molecule has 0 aromatic heterocycles. The van der Waals surface area contributed by atoms with Crippen LogP contribution in [0.4, 0.5) is 0 Å². The highest BCUT2D eigenvalue weighted by Gasteiger charge is 2.08. The number of unbranched alkanes of at least 4 members (excludes halogenated alkanes) is 6. The van der Waals surface area contributed by atoms with Gasteiger partial charge in [0, 0.05) is 6.42 Å². The Morgan fingerprint density at radius 3 is 2.12 bits per heavy atom. The first kappa shape index (κ1) is 16.5. The second kappa shape index (κ2) is 11.9. The van der Waals surface area contributed by atoms with Crippen molar-refractivity contribution in [2.75, 3.05) is 0 Å². The van der Waals surface area contributed by atoms with E-state index < -0.39 is 0 Å². The Balaban J connectivity index is 3.38. The molecule has 0 fully saturated rings. The van der Waals surface area contributed by atoms with Gasteiger partial charge in [0.1, 0.15) is 0 Å². The van der Waals surface area contributed by atoms with E-state index in [2.05, 4.69) is 13.8 Å². The second-order valence-electron chi connectivity index (χ2n) is 4.96. The summed E-state index contributed by atoms with van der Waals surface area (Å²) >= 11 is 0. The van der Waals surface area contributed by atoms with Crippen LogP contribution in [0.25, 0.3) is 0 Å². The zero-order chi connectivity index (χ0) is 12.9. The Morgan fingerprint density at radius 2 is 1.53 bits per heavy atom. The first-order valence-corrected chi connectivity index (χ1v) is 7.40. The summed E-state index contributed by atoms with van der Waals surface area (Å²) in [6, 6.07) is 0. The van der Waals surface area contributed by atoms with Crippen LogP contribution in [0.2, 0.25) is 0 Å². The fraction of sp³-hybridized carbons (Fsp3) is 0.933. The van der Waals surface area contributed by atoms with Gasteiger partial charge in [0.25, 0.3) is 0 Å². The topological polar surface area (TPSA) is 26.3 Å². The van der Waals surface area contributed by atoms with Gasteiger partial charge in [-0.1, -0.05) is 52.4 Å². The number of esters is 1. The van der Waals surface area contributed by atoms with Gasteiger partial charge in [-0.2, -0.15) is 0 Å². The molecule has 0 aromatic carbocycles. The SMILES string of the molecule is CCCCCCC(=O)O[C@H](C)CCCCCC. The molecule has 0 aliphatic rings. The van der Waals surface area contributed by atoms with Gasteiger partial charge in [-0.25, -0.2) is 0 Å². The van der Waals surface area contributed by atoms with Crippen LogP contribution in [0.1, 0.15) is 85.0 Å². The van der Waals surface area contributed by atoms with E-state index >= 15 is 0 Å². The summed E-state index contributed by atoms with van der Waals surface area (Å²) in [5.74, 6) is -0.0101. The molecule has 2 heteroatoms. The summed E-state index contributed by atoms with van der Waals surface area (Å²) in [6.45, 7) is 6.40. The fourth-order valence-corrected chi connectivity index (χ4v) is 1.90. The van der Waals surface area contributed by atoms with Crippen molar-refractivity contribution in [2.24, 2.45) is 0 Å². The first-order chi connectivity index (χ1) is 8.20. The summed E-state index contributed by atoms with van der Waals surface area (Å²) in [6.07, 6.45) is 11.3. The molecular formula is C15H30O2. The van der Waals surface area contributed by atoms with E-state index in [9.17, 15) is 4.79 Å². The third kappa shape index (κ3) is 11.7. The highest BCUT2D eigenvalue weighted by atomic mass is 16.5. The van der Waals surface area contributed by atoms with E-state index in [0.717, 1.165) is 19.3 Å². The maximum atomic E-state index is 11.5. The van der Waals surface area contributed by atoms with Gasteiger partial charge in [0.15, 0.2) is 0 Å². The highest BCUT2D eigenvalue weighted by Crippen LogP contribution is 2.10. The molecule has 0 rings (SSSR count). The van der Waals surface area contributed by atoms with Crippen LogP contribution in [-0.4, -0.2) is 12.1 Å². The molecule has 0 N–H and O–H groups in total. The van der Waals surface area contributed by atoms with Gasteiger partial charge in [-0.3, -0.25) is 4.79 Å². The van der Waals surface area contributed by atoms with Crippen molar-refractivity contribution in [1.29, 1.82) is 0 Å². The number of hydrogen-bond donors (Lipinski definition) is 0. The average Bonchev–Trinajstić information content (AvgIpc) is 2.30. The van der Waals surface area contributed by atoms with Crippen LogP contribution in [-0.2, 0) is 9.53 Å². The van der Waals surface area contributed by atoms with Crippen molar-refractivity contribution in [3.8, 4) is 0 Å². The first-order valence-electron chi connectivity index (χ1n) is 7.40. The van der Waals surface area contributed by atoms with Crippen molar-refractivity contribution in [3.05, 3.63) is 0 Å². The van der Waals surface area contributed by atoms with Gasteiger partial charge < -0.3 is 4.74 Å². The van der Waals surface area contributed by atoms with Gasteiger partial charge in [0.2, 0.25) is 0 Å². The lowest BCUT2D eigenvalue weighted by molar-refractivity contribution is -0.148. The maximum absolute atomic E-state index is 11.5. The zero-order valence-electron chi connectivity index (χ0n) is 12.0. The summed E-state index contributed by atoms with van der Waals surface area (Å²) < 4.78 is 5.37. The molecule has 0 aliphatic carbocycles. The molecule has 0 bridgehead atoms. The monoisotopic (exact) mass is 242 g/mol. The number of hydrogen-bond acceptors (Lipinski definition) is 2. The molecule has 0 unspecified atom stereocenters. The predicted molar refractivity (Wildman–Crippen MR) is 73.1 cm³/mol. The summed E-state index contributed by atoms with van der Waals surface area (Å²) in [5, 5.41) is 0. The predicted octanol–water partition coefficient (Wildman–Crippen LogP) is 4.86. The Morgan fingerprint density at radius 1 is 0.941 bits per heavy atom. The Labute approximate surface area is 107 Å². The quantitative estimate of drug-likeness (QED) is 0.382. The minimum atomic E-state index is -0.0101. The number of ether oxygens (including phenoxy) is 1. The van der Waals surface area contributed by atoms with E-state index in [0.29, 0.717) is 6.42 Å². The molecule has 0 saturated carbocycles. The lowest BCUT2D eigenvalue weighted by Crippen LogP contribution is -2.14. The summed E-state index contributed by atoms with van der Waals surface area (Å²) in [7, 11) is 0. The molecule has 0 aromatic rings. The Kier molecular flexibility index (Phi) is 11.6. The number of rotatable bonds is 11. The molecule has 0 saturated heterocycles. The van der Waals surface area contributed by atoms with Crippen molar-refractivity contribution in [1.82, 2.24) is 0 Å². The molecule has 2 nitrogen and oxygen atoms in total. The van der Waals surface area contributed by atoms with Crippen LogP contribution < -0.4 is 0 Å². The number of carbonyl (C=O) groups excluding carboxylic acids is 1. The van der Waals surface area contributed by atoms with Crippen LogP contribution in [0.15, 0.2) is 0 Å². The molecular weight excluding hydrogens is 212 g/mol. The normalized spacial score (nSPS) is 12.4. The van der Waals surface area contributed by atoms with Crippen LogP contribution >= 0.6 is 0 Å². The smallest absolute Gasteiger partial charge is 0.306 e. The average molecular weight is 242 g/mol. The lowest BCUT2D eigenvalue weighted by Gasteiger charge is -2.12. The standard InChI is InChI=1S/C15H30O2/c1-4-6-8-10-12-14(3)17-15(16)13-11-9-7-5-2/h14H,4-13H2,1-3H3/t14-/m1/s1. The van der Waals surface area contributed by atoms with Crippen molar-refractivity contribution in [3.63, 3.8) is 0 Å². The van der Waals surface area contributed by atoms with Gasteiger partial charge in [-0.05, 0) is 26.2 Å². The molecule has 0 spiro atoms. The molecule has 0 heterocycles.